The van der Waals surface area contributed by atoms with Crippen LogP contribution in [0.5, 0.6) is 11.5 Å². The van der Waals surface area contributed by atoms with E-state index in [0.717, 1.165) is 11.1 Å². The standard InChI is InChI=1S/C20H22N4O5S/c1-28-14-5-8-16(19(11-14)29-2)17-12-18(24-23-17)20(25)22-10-9-13-3-6-15(7-4-13)30(21,26)27/h3-8,11-12H,9-10H2,1-2H3,(H,22,25)(H,23,24)(H2,21,26,27). The van der Waals surface area contributed by atoms with Crippen LogP contribution in [0.15, 0.2) is 53.4 Å². The predicted octanol–water partition coefficient (Wildman–Crippen LogP) is 1.71. The van der Waals surface area contributed by atoms with Crippen LogP contribution in [0, 0.1) is 0 Å². The lowest BCUT2D eigenvalue weighted by molar-refractivity contribution is 0.0949. The minimum atomic E-state index is -3.72. The molecule has 0 spiro atoms. The number of ether oxygens (including phenoxy) is 2. The minimum Gasteiger partial charge on any atom is -0.497 e. The molecule has 0 unspecified atom stereocenters. The second kappa shape index (κ2) is 8.97. The molecule has 2 aromatic carbocycles. The Morgan fingerprint density at radius 3 is 2.47 bits per heavy atom. The van der Waals surface area contributed by atoms with E-state index in [-0.39, 0.29) is 10.8 Å². The Morgan fingerprint density at radius 1 is 1.10 bits per heavy atom. The highest BCUT2D eigenvalue weighted by Gasteiger charge is 2.14. The molecule has 0 aliphatic heterocycles. The van der Waals surface area contributed by atoms with Crippen LogP contribution < -0.4 is 19.9 Å². The molecule has 3 aromatic rings. The molecule has 0 bridgehead atoms. The fourth-order valence-corrected chi connectivity index (χ4v) is 3.36. The zero-order valence-corrected chi connectivity index (χ0v) is 17.3. The fraction of sp³-hybridized carbons (Fsp3) is 0.200. The van der Waals surface area contributed by atoms with Gasteiger partial charge in [0.15, 0.2) is 0 Å². The topological polar surface area (TPSA) is 136 Å². The Kier molecular flexibility index (Phi) is 6.38. The number of aromatic amines is 1. The highest BCUT2D eigenvalue weighted by Crippen LogP contribution is 2.32. The molecule has 1 amide bonds. The summed E-state index contributed by atoms with van der Waals surface area (Å²) in [4.78, 5) is 12.4. The maximum absolute atomic E-state index is 12.4. The quantitative estimate of drug-likeness (QED) is 0.498. The molecule has 30 heavy (non-hydrogen) atoms. The number of nitrogens with two attached hydrogens (primary N) is 1. The van der Waals surface area contributed by atoms with Gasteiger partial charge in [-0.3, -0.25) is 9.89 Å². The number of carbonyl (C=O) groups is 1. The third-order valence-corrected chi connectivity index (χ3v) is 5.39. The van der Waals surface area contributed by atoms with E-state index >= 15 is 0 Å². The summed E-state index contributed by atoms with van der Waals surface area (Å²) in [5.41, 5.74) is 2.48. The lowest BCUT2D eigenvalue weighted by Crippen LogP contribution is -2.26. The first-order chi connectivity index (χ1) is 14.3. The van der Waals surface area contributed by atoms with Crippen LogP contribution in [0.4, 0.5) is 0 Å². The molecule has 0 saturated carbocycles. The average molecular weight is 430 g/mol. The molecule has 0 radical (unpaired) electrons. The highest BCUT2D eigenvalue weighted by molar-refractivity contribution is 7.89. The second-order valence-electron chi connectivity index (χ2n) is 6.43. The van der Waals surface area contributed by atoms with E-state index in [0.29, 0.717) is 35.9 Å². The van der Waals surface area contributed by atoms with Crippen LogP contribution in [0.3, 0.4) is 0 Å². The van der Waals surface area contributed by atoms with Crippen molar-refractivity contribution < 1.29 is 22.7 Å². The first-order valence-corrected chi connectivity index (χ1v) is 10.5. The number of aromatic nitrogens is 2. The summed E-state index contributed by atoms with van der Waals surface area (Å²) < 4.78 is 33.1. The number of nitrogens with zero attached hydrogens (tertiary/aromatic N) is 1. The maximum atomic E-state index is 12.4. The third kappa shape index (κ3) is 4.97. The largest absolute Gasteiger partial charge is 0.497 e. The third-order valence-electron chi connectivity index (χ3n) is 4.46. The van der Waals surface area contributed by atoms with Crippen molar-refractivity contribution in [2.75, 3.05) is 20.8 Å². The van der Waals surface area contributed by atoms with E-state index in [9.17, 15) is 13.2 Å². The number of benzene rings is 2. The normalized spacial score (nSPS) is 11.2. The van der Waals surface area contributed by atoms with Gasteiger partial charge in [-0.05, 0) is 42.3 Å². The van der Waals surface area contributed by atoms with E-state index in [2.05, 4.69) is 15.5 Å². The van der Waals surface area contributed by atoms with Crippen molar-refractivity contribution >= 4 is 15.9 Å². The zero-order chi connectivity index (χ0) is 21.7. The molecular weight excluding hydrogens is 408 g/mol. The number of nitrogens with one attached hydrogen (secondary N) is 2. The summed E-state index contributed by atoms with van der Waals surface area (Å²) in [6.07, 6.45) is 0.532. The molecule has 0 aliphatic rings. The Bertz CT molecular complexity index is 1140. The molecule has 0 saturated heterocycles. The van der Waals surface area contributed by atoms with Crippen LogP contribution >= 0.6 is 0 Å². The van der Waals surface area contributed by atoms with Crippen molar-refractivity contribution in [3.05, 3.63) is 59.8 Å². The van der Waals surface area contributed by atoms with E-state index in [1.807, 2.05) is 0 Å². The molecule has 0 atom stereocenters. The Labute approximate surface area is 174 Å². The van der Waals surface area contributed by atoms with Gasteiger partial charge in [0.05, 0.1) is 24.8 Å². The van der Waals surface area contributed by atoms with Crippen LogP contribution in [0.25, 0.3) is 11.3 Å². The number of H-pyrrole nitrogens is 1. The number of carbonyl (C=O) groups excluding carboxylic acids is 1. The molecule has 10 heteroatoms. The van der Waals surface area contributed by atoms with Gasteiger partial charge in [-0.1, -0.05) is 12.1 Å². The molecule has 4 N–H and O–H groups in total. The van der Waals surface area contributed by atoms with Crippen molar-refractivity contribution in [2.24, 2.45) is 5.14 Å². The van der Waals surface area contributed by atoms with Gasteiger partial charge in [-0.2, -0.15) is 5.10 Å². The van der Waals surface area contributed by atoms with Gasteiger partial charge in [-0.15, -0.1) is 0 Å². The van der Waals surface area contributed by atoms with Crippen molar-refractivity contribution in [3.8, 4) is 22.8 Å². The molecule has 0 aliphatic carbocycles. The smallest absolute Gasteiger partial charge is 0.269 e. The van der Waals surface area contributed by atoms with Gasteiger partial charge >= 0.3 is 0 Å². The van der Waals surface area contributed by atoms with Crippen molar-refractivity contribution in [1.82, 2.24) is 15.5 Å². The van der Waals surface area contributed by atoms with Crippen LogP contribution in [-0.2, 0) is 16.4 Å². The van der Waals surface area contributed by atoms with E-state index in [4.69, 9.17) is 14.6 Å². The molecule has 0 fully saturated rings. The molecule has 9 nitrogen and oxygen atoms in total. The average Bonchev–Trinajstić information content (AvgIpc) is 3.23. The molecule has 1 heterocycles. The number of rotatable bonds is 8. The molecular formula is C20H22N4O5S. The fourth-order valence-electron chi connectivity index (χ4n) is 2.85. The number of hydrogen-bond acceptors (Lipinski definition) is 6. The maximum Gasteiger partial charge on any atom is 0.269 e. The van der Waals surface area contributed by atoms with Crippen molar-refractivity contribution in [3.63, 3.8) is 0 Å². The number of hydrogen-bond donors (Lipinski definition) is 3. The van der Waals surface area contributed by atoms with E-state index in [1.165, 1.54) is 12.1 Å². The minimum absolute atomic E-state index is 0.0502. The monoisotopic (exact) mass is 430 g/mol. The number of methoxy groups -OCH3 is 2. The molecule has 3 rings (SSSR count). The van der Waals surface area contributed by atoms with Gasteiger partial charge in [-0.25, -0.2) is 13.6 Å². The first kappa shape index (κ1) is 21.3. The summed E-state index contributed by atoms with van der Waals surface area (Å²) in [5, 5.41) is 14.8. The first-order valence-electron chi connectivity index (χ1n) is 8.99. The Hall–Kier alpha value is -3.37. The lowest BCUT2D eigenvalue weighted by Gasteiger charge is -2.08. The van der Waals surface area contributed by atoms with E-state index in [1.54, 1.807) is 50.6 Å². The molecule has 1 aromatic heterocycles. The number of amides is 1. The van der Waals surface area contributed by atoms with Gasteiger partial charge in [0.2, 0.25) is 10.0 Å². The van der Waals surface area contributed by atoms with Gasteiger partial charge in [0, 0.05) is 18.2 Å². The summed E-state index contributed by atoms with van der Waals surface area (Å²) in [7, 11) is -0.597. The lowest BCUT2D eigenvalue weighted by atomic mass is 10.1. The van der Waals surface area contributed by atoms with Gasteiger partial charge in [0.25, 0.3) is 5.91 Å². The van der Waals surface area contributed by atoms with Crippen molar-refractivity contribution in [1.29, 1.82) is 0 Å². The second-order valence-corrected chi connectivity index (χ2v) is 7.99. The number of sulfonamides is 1. The highest BCUT2D eigenvalue weighted by atomic mass is 32.2. The van der Waals surface area contributed by atoms with Crippen LogP contribution in [-0.4, -0.2) is 45.3 Å². The zero-order valence-electron chi connectivity index (χ0n) is 16.5. The molecule has 158 valence electrons. The number of primary sulfonamides is 1. The van der Waals surface area contributed by atoms with Crippen LogP contribution in [0.2, 0.25) is 0 Å². The van der Waals surface area contributed by atoms with Crippen molar-refractivity contribution in [2.45, 2.75) is 11.3 Å². The SMILES string of the molecule is COc1ccc(-c2cc(C(=O)NCCc3ccc(S(N)(=O)=O)cc3)[nH]n2)c(OC)c1. The summed E-state index contributed by atoms with van der Waals surface area (Å²) in [6, 6.07) is 13.2. The summed E-state index contributed by atoms with van der Waals surface area (Å²) in [5.74, 6) is 0.930. The Morgan fingerprint density at radius 2 is 1.83 bits per heavy atom. The Balaban J connectivity index is 1.62. The summed E-state index contributed by atoms with van der Waals surface area (Å²) in [6.45, 7) is 0.369. The predicted molar refractivity (Wildman–Crippen MR) is 111 cm³/mol. The van der Waals surface area contributed by atoms with Gasteiger partial charge in [0.1, 0.15) is 17.2 Å². The summed E-state index contributed by atoms with van der Waals surface area (Å²) >= 11 is 0. The van der Waals surface area contributed by atoms with Crippen LogP contribution in [0.1, 0.15) is 16.1 Å². The van der Waals surface area contributed by atoms with Gasteiger partial charge < -0.3 is 14.8 Å². The van der Waals surface area contributed by atoms with E-state index < -0.39 is 10.0 Å².